The Morgan fingerprint density at radius 3 is 2.52 bits per heavy atom. The topological polar surface area (TPSA) is 68.3 Å². The number of halogens is 1. The zero-order valence-corrected chi connectivity index (χ0v) is 14.1. The second kappa shape index (κ2) is 6.94. The Labute approximate surface area is 136 Å². The van der Waals surface area contributed by atoms with Gasteiger partial charge in [-0.1, -0.05) is 0 Å². The molecule has 2 aromatic rings. The monoisotopic (exact) mass is 366 g/mol. The van der Waals surface area contributed by atoms with Crippen LogP contribution in [0.25, 0.3) is 0 Å². The molecule has 0 aliphatic carbocycles. The van der Waals surface area contributed by atoms with Crippen LogP contribution in [0.1, 0.15) is 23.5 Å². The van der Waals surface area contributed by atoms with Gasteiger partial charge in [0.25, 0.3) is 0 Å². The first kappa shape index (κ1) is 15.8. The van der Waals surface area contributed by atoms with E-state index in [1.807, 2.05) is 19.1 Å². The molecule has 4 nitrogen and oxygen atoms in total. The number of thiophene rings is 1. The first-order valence-corrected chi connectivity index (χ1v) is 7.91. The molecule has 110 valence electrons. The second-order valence-electron chi connectivity index (χ2n) is 4.55. The van der Waals surface area contributed by atoms with Gasteiger partial charge in [0.1, 0.15) is 17.6 Å². The maximum atomic E-state index is 9.06. The average Bonchev–Trinajstić information content (AvgIpc) is 2.90. The fourth-order valence-corrected chi connectivity index (χ4v) is 3.44. The van der Waals surface area contributed by atoms with Crippen molar-refractivity contribution in [2.45, 2.75) is 19.1 Å². The van der Waals surface area contributed by atoms with E-state index in [0.717, 1.165) is 8.66 Å². The van der Waals surface area contributed by atoms with Gasteiger partial charge in [-0.15, -0.1) is 11.3 Å². The normalized spacial score (nSPS) is 13.3. The van der Waals surface area contributed by atoms with Crippen LogP contribution in [0.4, 0.5) is 0 Å². The molecule has 1 aromatic carbocycles. The van der Waals surface area contributed by atoms with Crippen LogP contribution in [0.3, 0.4) is 0 Å². The van der Waals surface area contributed by atoms with Crippen molar-refractivity contribution < 1.29 is 9.47 Å². The number of hydrogen-bond donors (Lipinski definition) is 1. The summed E-state index contributed by atoms with van der Waals surface area (Å²) >= 11 is 5.02. The van der Waals surface area contributed by atoms with E-state index >= 15 is 0 Å². The highest BCUT2D eigenvalue weighted by atomic mass is 79.9. The number of nitriles is 1. The highest BCUT2D eigenvalue weighted by molar-refractivity contribution is 9.11. The zero-order valence-electron chi connectivity index (χ0n) is 11.7. The predicted molar refractivity (Wildman–Crippen MR) is 86.7 cm³/mol. The summed E-state index contributed by atoms with van der Waals surface area (Å²) in [6.07, 6.45) is -0.278. The minimum absolute atomic E-state index is 0.188. The molecule has 0 fully saturated rings. The average molecular weight is 367 g/mol. The van der Waals surface area contributed by atoms with Crippen molar-refractivity contribution in [3.63, 3.8) is 0 Å². The molecule has 0 spiro atoms. The van der Waals surface area contributed by atoms with Gasteiger partial charge < -0.3 is 15.2 Å². The summed E-state index contributed by atoms with van der Waals surface area (Å²) in [7, 11) is 1.56. The first-order chi connectivity index (χ1) is 10.0. The molecule has 0 aliphatic rings. The molecule has 2 unspecified atom stereocenters. The Morgan fingerprint density at radius 1 is 1.29 bits per heavy atom. The molecule has 6 heteroatoms. The van der Waals surface area contributed by atoms with E-state index in [0.29, 0.717) is 17.1 Å². The Morgan fingerprint density at radius 2 is 2.00 bits per heavy atom. The molecule has 21 heavy (non-hydrogen) atoms. The lowest BCUT2D eigenvalue weighted by molar-refractivity contribution is 0.183. The van der Waals surface area contributed by atoms with E-state index < -0.39 is 0 Å². The van der Waals surface area contributed by atoms with Crippen molar-refractivity contribution in [2.75, 3.05) is 7.11 Å². The lowest BCUT2D eigenvalue weighted by atomic mass is 10.1. The largest absolute Gasteiger partial charge is 0.497 e. The Balaban J connectivity index is 2.31. The van der Waals surface area contributed by atoms with Gasteiger partial charge in [0.15, 0.2) is 0 Å². The number of benzene rings is 1. The van der Waals surface area contributed by atoms with E-state index in [1.54, 1.807) is 36.6 Å². The highest BCUT2D eigenvalue weighted by Gasteiger charge is 2.20. The molecular weight excluding hydrogens is 352 g/mol. The van der Waals surface area contributed by atoms with Crippen molar-refractivity contribution in [3.05, 3.63) is 44.6 Å². The van der Waals surface area contributed by atoms with Crippen LogP contribution in [0, 0.1) is 11.3 Å². The molecule has 2 rings (SSSR count). The number of nitrogens with zero attached hydrogens (tertiary/aromatic N) is 1. The van der Waals surface area contributed by atoms with E-state index in [9.17, 15) is 0 Å². The molecule has 0 aliphatic heterocycles. The molecular formula is C15H15BrN2O2S. The van der Waals surface area contributed by atoms with Crippen LogP contribution in [-0.2, 0) is 0 Å². The summed E-state index contributed by atoms with van der Waals surface area (Å²) in [6, 6.07) is 10.9. The van der Waals surface area contributed by atoms with Crippen LogP contribution in [-0.4, -0.2) is 13.2 Å². The molecule has 0 bridgehead atoms. The van der Waals surface area contributed by atoms with Gasteiger partial charge in [0.2, 0.25) is 0 Å². The van der Waals surface area contributed by atoms with E-state index in [1.165, 1.54) is 0 Å². The molecule has 0 saturated carbocycles. The van der Waals surface area contributed by atoms with Crippen LogP contribution >= 0.6 is 27.3 Å². The summed E-state index contributed by atoms with van der Waals surface area (Å²) in [5.41, 5.74) is 6.52. The quantitative estimate of drug-likeness (QED) is 0.872. The second-order valence-corrected chi connectivity index (χ2v) is 7.04. The van der Waals surface area contributed by atoms with Crippen molar-refractivity contribution in [3.8, 4) is 17.6 Å². The standard InChI is InChI=1S/C15H15BrN2O2S/c1-9(18)15(13-3-4-14(16)21-13)20-12-6-10(8-17)5-11(7-12)19-2/h3-7,9,15H,18H2,1-2H3. The third-order valence-corrected chi connectivity index (χ3v) is 4.54. The molecule has 1 aromatic heterocycles. The fourth-order valence-electron chi connectivity index (χ4n) is 1.87. The maximum absolute atomic E-state index is 9.06. The Hall–Kier alpha value is -1.55. The van der Waals surface area contributed by atoms with Crippen molar-refractivity contribution in [1.29, 1.82) is 5.26 Å². The summed E-state index contributed by atoms with van der Waals surface area (Å²) in [4.78, 5) is 1.03. The summed E-state index contributed by atoms with van der Waals surface area (Å²) in [5, 5.41) is 9.06. The maximum Gasteiger partial charge on any atom is 0.148 e. The van der Waals surface area contributed by atoms with E-state index in [-0.39, 0.29) is 12.1 Å². The SMILES string of the molecule is COc1cc(C#N)cc(OC(c2ccc(Br)s2)C(C)N)c1. The van der Waals surface area contributed by atoms with Gasteiger partial charge in [0, 0.05) is 17.0 Å². The fraction of sp³-hybridized carbons (Fsp3) is 0.267. The molecule has 0 amide bonds. The molecule has 0 saturated heterocycles. The third-order valence-electron chi connectivity index (χ3n) is 2.86. The van der Waals surface area contributed by atoms with Gasteiger partial charge in [-0.2, -0.15) is 5.26 Å². The number of nitrogens with two attached hydrogens (primary N) is 1. The predicted octanol–water partition coefficient (Wildman–Crippen LogP) is 3.86. The lowest BCUT2D eigenvalue weighted by Crippen LogP contribution is -2.28. The smallest absolute Gasteiger partial charge is 0.148 e. The number of methoxy groups -OCH3 is 1. The Kier molecular flexibility index (Phi) is 5.23. The minimum Gasteiger partial charge on any atom is -0.497 e. The van der Waals surface area contributed by atoms with Gasteiger partial charge in [-0.05, 0) is 47.1 Å². The van der Waals surface area contributed by atoms with Crippen LogP contribution < -0.4 is 15.2 Å². The summed E-state index contributed by atoms with van der Waals surface area (Å²) in [6.45, 7) is 1.89. The number of rotatable bonds is 5. The zero-order chi connectivity index (χ0) is 15.4. The van der Waals surface area contributed by atoms with Crippen molar-refractivity contribution in [1.82, 2.24) is 0 Å². The molecule has 0 radical (unpaired) electrons. The van der Waals surface area contributed by atoms with Gasteiger partial charge in [-0.25, -0.2) is 0 Å². The molecule has 2 N–H and O–H groups in total. The number of hydrogen-bond acceptors (Lipinski definition) is 5. The van der Waals surface area contributed by atoms with E-state index in [2.05, 4.69) is 22.0 Å². The Bertz CT molecular complexity index is 664. The summed E-state index contributed by atoms with van der Waals surface area (Å²) in [5.74, 6) is 1.15. The number of ether oxygens (including phenoxy) is 2. The highest BCUT2D eigenvalue weighted by Crippen LogP contribution is 2.33. The first-order valence-electron chi connectivity index (χ1n) is 6.30. The lowest BCUT2D eigenvalue weighted by Gasteiger charge is -2.21. The van der Waals surface area contributed by atoms with Crippen LogP contribution in [0.2, 0.25) is 0 Å². The minimum atomic E-state index is -0.278. The van der Waals surface area contributed by atoms with Gasteiger partial charge >= 0.3 is 0 Å². The van der Waals surface area contributed by atoms with Gasteiger partial charge in [0.05, 0.1) is 22.5 Å². The van der Waals surface area contributed by atoms with Crippen LogP contribution in [0.5, 0.6) is 11.5 Å². The van der Waals surface area contributed by atoms with Gasteiger partial charge in [-0.3, -0.25) is 0 Å². The third kappa shape index (κ3) is 3.97. The van der Waals surface area contributed by atoms with Crippen LogP contribution in [0.15, 0.2) is 34.1 Å². The molecule has 2 atom stereocenters. The van der Waals surface area contributed by atoms with E-state index in [4.69, 9.17) is 20.5 Å². The molecule has 1 heterocycles. The van der Waals surface area contributed by atoms with Crippen molar-refractivity contribution in [2.24, 2.45) is 5.73 Å². The summed E-state index contributed by atoms with van der Waals surface area (Å²) < 4.78 is 12.2. The van der Waals surface area contributed by atoms with Crippen molar-refractivity contribution >= 4 is 27.3 Å².